The molecule has 1 aromatic rings. The second kappa shape index (κ2) is 6.92. The van der Waals surface area contributed by atoms with Gasteiger partial charge in [0.25, 0.3) is 0 Å². The van der Waals surface area contributed by atoms with Crippen molar-refractivity contribution in [1.82, 2.24) is 5.32 Å². The lowest BCUT2D eigenvalue weighted by Gasteiger charge is -2.18. The highest BCUT2D eigenvalue weighted by Crippen LogP contribution is 2.12. The van der Waals surface area contributed by atoms with Crippen molar-refractivity contribution in [3.8, 4) is 0 Å². The maximum absolute atomic E-state index is 13.4. The standard InChI is InChI=1S/C13H18ClF2N/c1-9(2)6-11(7-14)17-8-10-4-3-5-12(15)13(10)16/h3-5,9,11,17H,6-8H2,1-2H3. The van der Waals surface area contributed by atoms with Crippen molar-refractivity contribution in [3.63, 3.8) is 0 Å². The van der Waals surface area contributed by atoms with Crippen molar-refractivity contribution in [2.75, 3.05) is 5.88 Å². The third-order valence-electron chi connectivity index (χ3n) is 2.55. The minimum absolute atomic E-state index is 0.124. The molecule has 0 radical (unpaired) electrons. The Morgan fingerprint density at radius 1 is 1.29 bits per heavy atom. The minimum Gasteiger partial charge on any atom is -0.309 e. The highest BCUT2D eigenvalue weighted by atomic mass is 35.5. The van der Waals surface area contributed by atoms with Gasteiger partial charge in [-0.3, -0.25) is 0 Å². The van der Waals surface area contributed by atoms with Gasteiger partial charge < -0.3 is 5.32 Å². The van der Waals surface area contributed by atoms with Crippen LogP contribution in [0.2, 0.25) is 0 Å². The van der Waals surface area contributed by atoms with Crippen LogP contribution in [0.5, 0.6) is 0 Å². The molecule has 0 spiro atoms. The molecule has 17 heavy (non-hydrogen) atoms. The molecule has 4 heteroatoms. The van der Waals surface area contributed by atoms with E-state index in [2.05, 4.69) is 19.2 Å². The first-order valence-electron chi connectivity index (χ1n) is 5.76. The van der Waals surface area contributed by atoms with Gasteiger partial charge in [0.15, 0.2) is 11.6 Å². The number of hydrogen-bond acceptors (Lipinski definition) is 1. The Hall–Kier alpha value is -0.670. The van der Waals surface area contributed by atoms with Gasteiger partial charge in [0.2, 0.25) is 0 Å². The van der Waals surface area contributed by atoms with Gasteiger partial charge in [-0.2, -0.15) is 0 Å². The molecule has 1 unspecified atom stereocenters. The van der Waals surface area contributed by atoms with Crippen LogP contribution < -0.4 is 5.32 Å². The molecule has 0 bridgehead atoms. The Kier molecular flexibility index (Phi) is 5.86. The highest BCUT2D eigenvalue weighted by molar-refractivity contribution is 6.18. The number of benzene rings is 1. The third-order valence-corrected chi connectivity index (χ3v) is 2.93. The lowest BCUT2D eigenvalue weighted by Crippen LogP contribution is -2.31. The van der Waals surface area contributed by atoms with Crippen LogP contribution in [0.1, 0.15) is 25.8 Å². The number of nitrogens with one attached hydrogen (secondary N) is 1. The summed E-state index contributed by atoms with van der Waals surface area (Å²) in [6, 6.07) is 4.32. The summed E-state index contributed by atoms with van der Waals surface area (Å²) < 4.78 is 26.3. The average Bonchev–Trinajstić information content (AvgIpc) is 2.28. The molecule has 0 aliphatic heterocycles. The van der Waals surface area contributed by atoms with Gasteiger partial charge in [0, 0.05) is 24.0 Å². The Morgan fingerprint density at radius 3 is 2.59 bits per heavy atom. The summed E-state index contributed by atoms with van der Waals surface area (Å²) >= 11 is 5.82. The van der Waals surface area contributed by atoms with Gasteiger partial charge in [-0.25, -0.2) is 8.78 Å². The molecule has 0 fully saturated rings. The van der Waals surface area contributed by atoms with Crippen molar-refractivity contribution in [2.24, 2.45) is 5.92 Å². The number of halogens is 3. The average molecular weight is 262 g/mol. The highest BCUT2D eigenvalue weighted by Gasteiger charge is 2.12. The van der Waals surface area contributed by atoms with E-state index in [-0.39, 0.29) is 6.04 Å². The van der Waals surface area contributed by atoms with E-state index < -0.39 is 11.6 Å². The fourth-order valence-corrected chi connectivity index (χ4v) is 1.94. The summed E-state index contributed by atoms with van der Waals surface area (Å²) in [5.41, 5.74) is 0.337. The van der Waals surface area contributed by atoms with Crippen LogP contribution in [-0.2, 0) is 6.54 Å². The summed E-state index contributed by atoms with van der Waals surface area (Å²) in [7, 11) is 0. The van der Waals surface area contributed by atoms with Crippen LogP contribution in [0, 0.1) is 17.6 Å². The second-order valence-electron chi connectivity index (χ2n) is 4.57. The molecule has 0 saturated heterocycles. The number of hydrogen-bond donors (Lipinski definition) is 1. The van der Waals surface area contributed by atoms with E-state index in [1.807, 2.05) is 0 Å². The molecule has 0 aliphatic rings. The minimum atomic E-state index is -0.810. The SMILES string of the molecule is CC(C)CC(CCl)NCc1cccc(F)c1F. The lowest BCUT2D eigenvalue weighted by molar-refractivity contribution is 0.434. The monoisotopic (exact) mass is 261 g/mol. The lowest BCUT2D eigenvalue weighted by atomic mass is 10.0. The third kappa shape index (κ3) is 4.60. The van der Waals surface area contributed by atoms with Crippen LogP contribution in [0.25, 0.3) is 0 Å². The fourth-order valence-electron chi connectivity index (χ4n) is 1.71. The van der Waals surface area contributed by atoms with E-state index >= 15 is 0 Å². The van der Waals surface area contributed by atoms with Crippen LogP contribution in [0.3, 0.4) is 0 Å². The first-order valence-corrected chi connectivity index (χ1v) is 6.30. The van der Waals surface area contributed by atoms with Gasteiger partial charge in [0.05, 0.1) is 0 Å². The molecule has 0 saturated carbocycles. The molecular formula is C13H18ClF2N. The molecular weight excluding hydrogens is 244 g/mol. The van der Waals surface area contributed by atoms with E-state index in [0.717, 1.165) is 12.5 Å². The van der Waals surface area contributed by atoms with Crippen LogP contribution in [-0.4, -0.2) is 11.9 Å². The van der Waals surface area contributed by atoms with Crippen LogP contribution in [0.15, 0.2) is 18.2 Å². The summed E-state index contributed by atoms with van der Waals surface area (Å²) in [4.78, 5) is 0. The van der Waals surface area contributed by atoms with Gasteiger partial charge in [-0.05, 0) is 18.4 Å². The molecule has 1 nitrogen and oxygen atoms in total. The van der Waals surface area contributed by atoms with E-state index in [1.165, 1.54) is 6.07 Å². The Labute approximate surface area is 106 Å². The maximum Gasteiger partial charge on any atom is 0.163 e. The molecule has 0 amide bonds. The van der Waals surface area contributed by atoms with Gasteiger partial charge in [0.1, 0.15) is 0 Å². The maximum atomic E-state index is 13.4. The van der Waals surface area contributed by atoms with Crippen molar-refractivity contribution < 1.29 is 8.78 Å². The normalized spacial score (nSPS) is 13.1. The van der Waals surface area contributed by atoms with E-state index in [9.17, 15) is 8.78 Å². The molecule has 0 heterocycles. The Morgan fingerprint density at radius 2 is 2.00 bits per heavy atom. The molecule has 1 aromatic carbocycles. The fraction of sp³-hybridized carbons (Fsp3) is 0.538. The van der Waals surface area contributed by atoms with Crippen molar-refractivity contribution in [1.29, 1.82) is 0 Å². The van der Waals surface area contributed by atoms with Crippen molar-refractivity contribution in [2.45, 2.75) is 32.9 Å². The zero-order valence-corrected chi connectivity index (χ0v) is 10.9. The van der Waals surface area contributed by atoms with Gasteiger partial charge in [-0.1, -0.05) is 26.0 Å². The number of rotatable bonds is 6. The molecule has 96 valence electrons. The zero-order chi connectivity index (χ0) is 12.8. The van der Waals surface area contributed by atoms with E-state index in [1.54, 1.807) is 6.07 Å². The molecule has 1 atom stereocenters. The smallest absolute Gasteiger partial charge is 0.163 e. The largest absolute Gasteiger partial charge is 0.309 e. The topological polar surface area (TPSA) is 12.0 Å². The van der Waals surface area contributed by atoms with Crippen molar-refractivity contribution in [3.05, 3.63) is 35.4 Å². The van der Waals surface area contributed by atoms with Gasteiger partial charge in [-0.15, -0.1) is 11.6 Å². The number of alkyl halides is 1. The molecule has 0 aliphatic carbocycles. The van der Waals surface area contributed by atoms with E-state index in [4.69, 9.17) is 11.6 Å². The second-order valence-corrected chi connectivity index (χ2v) is 4.88. The summed E-state index contributed by atoms with van der Waals surface area (Å²) in [5, 5.41) is 3.15. The predicted octanol–water partition coefficient (Wildman–Crippen LogP) is 3.71. The van der Waals surface area contributed by atoms with Crippen molar-refractivity contribution >= 4 is 11.6 Å². The Bertz CT molecular complexity index is 355. The predicted molar refractivity (Wildman–Crippen MR) is 67.2 cm³/mol. The van der Waals surface area contributed by atoms with E-state index in [0.29, 0.717) is 23.9 Å². The quantitative estimate of drug-likeness (QED) is 0.770. The first kappa shape index (κ1) is 14.4. The molecule has 0 aromatic heterocycles. The zero-order valence-electron chi connectivity index (χ0n) is 10.1. The molecule has 1 rings (SSSR count). The summed E-state index contributed by atoms with van der Waals surface area (Å²) in [5.74, 6) is -0.605. The van der Waals surface area contributed by atoms with Crippen LogP contribution in [0.4, 0.5) is 8.78 Å². The van der Waals surface area contributed by atoms with Crippen LogP contribution >= 0.6 is 11.6 Å². The summed E-state index contributed by atoms with van der Waals surface area (Å²) in [6.45, 7) is 4.50. The molecule has 1 N–H and O–H groups in total. The Balaban J connectivity index is 2.56. The first-order chi connectivity index (χ1) is 8.04. The summed E-state index contributed by atoms with van der Waals surface area (Å²) in [6.07, 6.45) is 0.917. The van der Waals surface area contributed by atoms with Gasteiger partial charge >= 0.3 is 0 Å².